The molecule has 0 amide bonds. The molecule has 4 heteroatoms. The minimum atomic E-state index is -0.352. The Labute approximate surface area is 93.9 Å². The van der Waals surface area contributed by atoms with Gasteiger partial charge < -0.3 is 14.9 Å². The largest absolute Gasteiger partial charge is 0.392 e. The lowest BCUT2D eigenvalue weighted by Gasteiger charge is -2.08. The average molecular weight is 218 g/mol. The lowest BCUT2D eigenvalue weighted by Crippen LogP contribution is -2.15. The van der Waals surface area contributed by atoms with Crippen LogP contribution >= 0.6 is 0 Å². The lowest BCUT2D eigenvalue weighted by atomic mass is 10.1. The van der Waals surface area contributed by atoms with Crippen molar-refractivity contribution in [1.29, 1.82) is 0 Å². The zero-order valence-corrected chi connectivity index (χ0v) is 9.05. The van der Waals surface area contributed by atoms with Crippen LogP contribution in [0.15, 0.2) is 41.1 Å². The predicted octanol–water partition coefficient (Wildman–Crippen LogP) is 2.13. The Bertz CT molecular complexity index is 421. The Morgan fingerprint density at radius 3 is 2.62 bits per heavy atom. The van der Waals surface area contributed by atoms with Crippen molar-refractivity contribution in [2.24, 2.45) is 0 Å². The molecule has 0 radical (unpaired) electrons. The molecule has 2 rings (SSSR count). The highest BCUT2D eigenvalue weighted by molar-refractivity contribution is 5.61. The van der Waals surface area contributed by atoms with E-state index in [0.29, 0.717) is 6.54 Å². The van der Waals surface area contributed by atoms with Gasteiger partial charge in [-0.2, -0.15) is 0 Å². The summed E-state index contributed by atoms with van der Waals surface area (Å²) >= 11 is 0. The maximum absolute atomic E-state index is 9.13. The fourth-order valence-electron chi connectivity index (χ4n) is 1.39. The van der Waals surface area contributed by atoms with Crippen LogP contribution in [-0.2, 0) is 0 Å². The molecule has 84 valence electrons. The molecule has 16 heavy (non-hydrogen) atoms. The molecule has 0 aliphatic rings. The Balaban J connectivity index is 2.05. The molecule has 2 N–H and O–H groups in total. The van der Waals surface area contributed by atoms with Gasteiger partial charge in [-0.15, -0.1) is 0 Å². The van der Waals surface area contributed by atoms with Crippen molar-refractivity contribution >= 4 is 5.69 Å². The Kier molecular flexibility index (Phi) is 3.22. The van der Waals surface area contributed by atoms with Crippen molar-refractivity contribution < 1.29 is 9.63 Å². The first kappa shape index (κ1) is 10.7. The summed E-state index contributed by atoms with van der Waals surface area (Å²) in [6.07, 6.45) is 1.20. The number of aliphatic hydroxyl groups excluding tert-OH is 1. The summed E-state index contributed by atoms with van der Waals surface area (Å²) in [5.41, 5.74) is 2.81. The average Bonchev–Trinajstić information content (AvgIpc) is 2.80. The van der Waals surface area contributed by atoms with Gasteiger partial charge in [-0.1, -0.05) is 17.3 Å². The summed E-state index contributed by atoms with van der Waals surface area (Å²) in [6.45, 7) is 2.29. The molecule has 1 heterocycles. The molecule has 0 saturated carbocycles. The molecular weight excluding hydrogens is 204 g/mol. The van der Waals surface area contributed by atoms with E-state index in [0.717, 1.165) is 16.9 Å². The third-order valence-electron chi connectivity index (χ3n) is 2.22. The van der Waals surface area contributed by atoms with Crippen LogP contribution in [0.4, 0.5) is 5.69 Å². The van der Waals surface area contributed by atoms with E-state index in [2.05, 4.69) is 10.5 Å². The molecule has 1 unspecified atom stereocenters. The van der Waals surface area contributed by atoms with Crippen LogP contribution in [-0.4, -0.2) is 22.9 Å². The molecule has 0 bridgehead atoms. The van der Waals surface area contributed by atoms with Crippen molar-refractivity contribution in [2.75, 3.05) is 11.9 Å². The molecule has 0 aliphatic heterocycles. The number of hydrogen-bond acceptors (Lipinski definition) is 4. The molecule has 1 aromatic carbocycles. The van der Waals surface area contributed by atoms with Crippen molar-refractivity contribution in [3.8, 4) is 11.3 Å². The summed E-state index contributed by atoms with van der Waals surface area (Å²) in [5, 5.41) is 16.1. The van der Waals surface area contributed by atoms with E-state index in [1.165, 1.54) is 0 Å². The molecule has 1 atom stereocenters. The van der Waals surface area contributed by atoms with Crippen LogP contribution in [0.25, 0.3) is 11.3 Å². The summed E-state index contributed by atoms with van der Waals surface area (Å²) in [5.74, 6) is 0. The van der Waals surface area contributed by atoms with Crippen molar-refractivity contribution in [3.63, 3.8) is 0 Å². The number of aliphatic hydroxyl groups is 1. The van der Waals surface area contributed by atoms with Gasteiger partial charge in [0.05, 0.1) is 6.10 Å². The number of aromatic nitrogens is 1. The normalized spacial score (nSPS) is 12.4. The van der Waals surface area contributed by atoms with E-state index < -0.39 is 0 Å². The number of benzene rings is 1. The molecule has 0 spiro atoms. The van der Waals surface area contributed by atoms with Crippen LogP contribution in [0.1, 0.15) is 6.92 Å². The van der Waals surface area contributed by atoms with Crippen LogP contribution in [0.2, 0.25) is 0 Å². The highest BCUT2D eigenvalue weighted by Gasteiger charge is 2.01. The Morgan fingerprint density at radius 1 is 1.31 bits per heavy atom. The third kappa shape index (κ3) is 2.61. The van der Waals surface area contributed by atoms with E-state index in [-0.39, 0.29) is 6.10 Å². The molecule has 2 aromatic rings. The summed E-state index contributed by atoms with van der Waals surface area (Å²) in [6, 6.07) is 9.64. The van der Waals surface area contributed by atoms with Gasteiger partial charge in [0.2, 0.25) is 0 Å². The number of nitrogens with one attached hydrogen (secondary N) is 1. The maximum atomic E-state index is 9.13. The van der Waals surface area contributed by atoms with Gasteiger partial charge in [0.1, 0.15) is 12.0 Å². The lowest BCUT2D eigenvalue weighted by molar-refractivity contribution is 0.208. The maximum Gasteiger partial charge on any atom is 0.124 e. The number of nitrogens with zero attached hydrogens (tertiary/aromatic N) is 1. The van der Waals surface area contributed by atoms with Crippen molar-refractivity contribution in [2.45, 2.75) is 13.0 Å². The van der Waals surface area contributed by atoms with Crippen LogP contribution in [0.3, 0.4) is 0 Å². The van der Waals surface area contributed by atoms with Gasteiger partial charge in [0, 0.05) is 23.9 Å². The SMILES string of the molecule is CC(O)CNc1ccc(-c2ccon2)cc1. The van der Waals surface area contributed by atoms with Crippen LogP contribution in [0.5, 0.6) is 0 Å². The molecule has 4 nitrogen and oxygen atoms in total. The highest BCUT2D eigenvalue weighted by atomic mass is 16.5. The first-order valence-electron chi connectivity index (χ1n) is 5.18. The monoisotopic (exact) mass is 218 g/mol. The van der Waals surface area contributed by atoms with Gasteiger partial charge in [-0.25, -0.2) is 0 Å². The van der Waals surface area contributed by atoms with E-state index in [1.54, 1.807) is 13.2 Å². The number of hydrogen-bond donors (Lipinski definition) is 2. The quantitative estimate of drug-likeness (QED) is 0.825. The number of anilines is 1. The molecule has 0 saturated heterocycles. The molecule has 0 aliphatic carbocycles. The highest BCUT2D eigenvalue weighted by Crippen LogP contribution is 2.19. The zero-order valence-electron chi connectivity index (χ0n) is 9.05. The zero-order chi connectivity index (χ0) is 11.4. The molecule has 1 aromatic heterocycles. The second kappa shape index (κ2) is 4.81. The predicted molar refractivity (Wildman–Crippen MR) is 62.1 cm³/mol. The fourth-order valence-corrected chi connectivity index (χ4v) is 1.39. The summed E-state index contributed by atoms with van der Waals surface area (Å²) in [4.78, 5) is 0. The van der Waals surface area contributed by atoms with E-state index in [1.807, 2.05) is 30.3 Å². The minimum absolute atomic E-state index is 0.352. The van der Waals surface area contributed by atoms with Gasteiger partial charge in [-0.05, 0) is 19.1 Å². The van der Waals surface area contributed by atoms with Crippen molar-refractivity contribution in [3.05, 3.63) is 36.6 Å². The minimum Gasteiger partial charge on any atom is -0.392 e. The summed E-state index contributed by atoms with van der Waals surface area (Å²) in [7, 11) is 0. The smallest absolute Gasteiger partial charge is 0.124 e. The second-order valence-electron chi connectivity index (χ2n) is 3.69. The van der Waals surface area contributed by atoms with Gasteiger partial charge >= 0.3 is 0 Å². The van der Waals surface area contributed by atoms with E-state index >= 15 is 0 Å². The van der Waals surface area contributed by atoms with E-state index in [9.17, 15) is 0 Å². The van der Waals surface area contributed by atoms with Crippen molar-refractivity contribution in [1.82, 2.24) is 5.16 Å². The fraction of sp³-hybridized carbons (Fsp3) is 0.250. The standard InChI is InChI=1S/C12H14N2O2/c1-9(15)8-13-11-4-2-10(3-5-11)12-6-7-16-14-12/h2-7,9,13,15H,8H2,1H3. The molecule has 0 fully saturated rings. The van der Waals surface area contributed by atoms with Crippen LogP contribution in [0, 0.1) is 0 Å². The second-order valence-corrected chi connectivity index (χ2v) is 3.69. The third-order valence-corrected chi connectivity index (χ3v) is 2.22. The number of rotatable bonds is 4. The topological polar surface area (TPSA) is 58.3 Å². The van der Waals surface area contributed by atoms with Gasteiger partial charge in [0.15, 0.2) is 0 Å². The first-order valence-corrected chi connectivity index (χ1v) is 5.18. The first-order chi connectivity index (χ1) is 7.75. The van der Waals surface area contributed by atoms with E-state index in [4.69, 9.17) is 9.63 Å². The Morgan fingerprint density at radius 2 is 2.06 bits per heavy atom. The van der Waals surface area contributed by atoms with Gasteiger partial charge in [-0.3, -0.25) is 0 Å². The molecular formula is C12H14N2O2. The van der Waals surface area contributed by atoms with Crippen LogP contribution < -0.4 is 5.32 Å². The summed E-state index contributed by atoms with van der Waals surface area (Å²) < 4.78 is 4.78. The van der Waals surface area contributed by atoms with Gasteiger partial charge in [0.25, 0.3) is 0 Å². The Hall–Kier alpha value is -1.81.